The van der Waals surface area contributed by atoms with Crippen LogP contribution in [0.15, 0.2) is 53.7 Å². The number of hydroxylamine groups is 1. The Morgan fingerprint density at radius 2 is 1.75 bits per heavy atom. The number of aliphatic hydroxyl groups is 1. The molecule has 0 aliphatic heterocycles. The standard InChI is InChI=1S/C21H27N3O6S.ClH/c1-30-18-6-8-19(9-7-18)31(28,29)24(14-15-10-12-22-13-11-15)20(21(26)23-27)16-2-4-17(25)5-3-16;/h6-13,16-17,20,25,27H,2-5,14H2,1H3,(H,23,26);1H. The number of sulfonamides is 1. The third-order valence-electron chi connectivity index (χ3n) is 5.63. The molecule has 0 spiro atoms. The molecule has 3 N–H and O–H groups in total. The molecule has 0 radical (unpaired) electrons. The van der Waals surface area contributed by atoms with Crippen LogP contribution in [0.5, 0.6) is 5.75 Å². The van der Waals surface area contributed by atoms with Crippen molar-refractivity contribution in [1.29, 1.82) is 0 Å². The van der Waals surface area contributed by atoms with E-state index in [0.717, 1.165) is 4.31 Å². The molecular formula is C21H28ClN3O6S. The lowest BCUT2D eigenvalue weighted by molar-refractivity contribution is -0.136. The fourth-order valence-corrected chi connectivity index (χ4v) is 5.58. The minimum absolute atomic E-state index is 0. The molecule has 1 aliphatic carbocycles. The van der Waals surface area contributed by atoms with Crippen molar-refractivity contribution in [1.82, 2.24) is 14.8 Å². The highest BCUT2D eigenvalue weighted by Crippen LogP contribution is 2.33. The number of benzene rings is 1. The smallest absolute Gasteiger partial charge is 0.262 e. The van der Waals surface area contributed by atoms with Gasteiger partial charge >= 0.3 is 0 Å². The summed E-state index contributed by atoms with van der Waals surface area (Å²) in [6, 6.07) is 8.13. The second-order valence-electron chi connectivity index (χ2n) is 7.57. The van der Waals surface area contributed by atoms with E-state index in [1.165, 1.54) is 31.4 Å². The zero-order valence-corrected chi connectivity index (χ0v) is 19.3. The number of pyridine rings is 1. The maximum Gasteiger partial charge on any atom is 0.262 e. The van der Waals surface area contributed by atoms with Gasteiger partial charge in [-0.3, -0.25) is 15.0 Å². The number of aliphatic hydroxyl groups excluding tert-OH is 1. The minimum Gasteiger partial charge on any atom is -0.497 e. The van der Waals surface area contributed by atoms with E-state index in [2.05, 4.69) is 4.98 Å². The largest absolute Gasteiger partial charge is 0.497 e. The Morgan fingerprint density at radius 3 is 2.28 bits per heavy atom. The Labute approximate surface area is 193 Å². The summed E-state index contributed by atoms with van der Waals surface area (Å²) < 4.78 is 33.6. The summed E-state index contributed by atoms with van der Waals surface area (Å²) in [6.07, 6.45) is 4.48. The summed E-state index contributed by atoms with van der Waals surface area (Å²) >= 11 is 0. The molecule has 1 saturated carbocycles. The highest BCUT2D eigenvalue weighted by molar-refractivity contribution is 7.89. The number of nitrogens with one attached hydrogen (secondary N) is 1. The first-order valence-corrected chi connectivity index (χ1v) is 11.5. The Morgan fingerprint density at radius 1 is 1.16 bits per heavy atom. The molecule has 3 rings (SSSR count). The van der Waals surface area contributed by atoms with Crippen molar-refractivity contribution < 1.29 is 28.3 Å². The number of hydrogen-bond acceptors (Lipinski definition) is 7. The predicted octanol–water partition coefficient (Wildman–Crippen LogP) is 2.13. The van der Waals surface area contributed by atoms with Gasteiger partial charge in [0.2, 0.25) is 10.0 Å². The van der Waals surface area contributed by atoms with E-state index < -0.39 is 28.1 Å². The molecular weight excluding hydrogens is 458 g/mol. The molecule has 176 valence electrons. The lowest BCUT2D eigenvalue weighted by Crippen LogP contribution is -2.53. The summed E-state index contributed by atoms with van der Waals surface area (Å²) in [5.74, 6) is -0.650. The van der Waals surface area contributed by atoms with E-state index in [-0.39, 0.29) is 29.8 Å². The highest BCUT2D eigenvalue weighted by Gasteiger charge is 2.42. The molecule has 1 aliphatic rings. The van der Waals surface area contributed by atoms with Crippen molar-refractivity contribution in [3.63, 3.8) is 0 Å². The topological polar surface area (TPSA) is 129 Å². The van der Waals surface area contributed by atoms with Crippen LogP contribution in [0, 0.1) is 5.92 Å². The molecule has 1 amide bonds. The predicted molar refractivity (Wildman–Crippen MR) is 119 cm³/mol. The number of ether oxygens (including phenoxy) is 1. The molecule has 0 bridgehead atoms. The van der Waals surface area contributed by atoms with Gasteiger partial charge < -0.3 is 9.84 Å². The zero-order chi connectivity index (χ0) is 22.4. The van der Waals surface area contributed by atoms with Gasteiger partial charge in [-0.1, -0.05) is 0 Å². The lowest BCUT2D eigenvalue weighted by atomic mass is 9.82. The van der Waals surface area contributed by atoms with Crippen LogP contribution in [0.3, 0.4) is 0 Å². The maximum atomic E-state index is 13.7. The van der Waals surface area contributed by atoms with Gasteiger partial charge in [0.25, 0.3) is 5.91 Å². The number of carbonyl (C=O) groups excluding carboxylic acids is 1. The first-order valence-electron chi connectivity index (χ1n) is 10.0. The quantitative estimate of drug-likeness (QED) is 0.385. The summed E-state index contributed by atoms with van der Waals surface area (Å²) in [5.41, 5.74) is 2.29. The average Bonchev–Trinajstić information content (AvgIpc) is 2.80. The highest BCUT2D eigenvalue weighted by atomic mass is 35.5. The number of nitrogens with zero attached hydrogens (tertiary/aromatic N) is 2. The molecule has 1 heterocycles. The Balaban J connectivity index is 0.00000363. The van der Waals surface area contributed by atoms with Crippen molar-refractivity contribution in [2.45, 2.75) is 49.3 Å². The summed E-state index contributed by atoms with van der Waals surface area (Å²) in [5, 5.41) is 19.3. The van der Waals surface area contributed by atoms with Crippen molar-refractivity contribution in [3.05, 3.63) is 54.4 Å². The van der Waals surface area contributed by atoms with E-state index in [4.69, 9.17) is 4.74 Å². The third-order valence-corrected chi connectivity index (χ3v) is 7.47. The lowest BCUT2D eigenvalue weighted by Gasteiger charge is -2.37. The van der Waals surface area contributed by atoms with E-state index in [1.54, 1.807) is 30.0 Å². The second-order valence-corrected chi connectivity index (χ2v) is 9.46. The number of aromatic nitrogens is 1. The van der Waals surface area contributed by atoms with Crippen LogP contribution in [-0.4, -0.2) is 53.2 Å². The Bertz CT molecular complexity index is 967. The molecule has 2 aromatic rings. The van der Waals surface area contributed by atoms with E-state index in [1.807, 2.05) is 0 Å². The summed E-state index contributed by atoms with van der Waals surface area (Å²) in [6.45, 7) is -0.0754. The van der Waals surface area contributed by atoms with Crippen molar-refractivity contribution in [2.24, 2.45) is 5.92 Å². The fraction of sp³-hybridized carbons (Fsp3) is 0.429. The average molecular weight is 486 g/mol. The second kappa shape index (κ2) is 11.6. The van der Waals surface area contributed by atoms with Gasteiger partial charge in [0.15, 0.2) is 0 Å². The molecule has 1 atom stereocenters. The molecule has 1 aromatic carbocycles. The molecule has 32 heavy (non-hydrogen) atoms. The molecule has 1 unspecified atom stereocenters. The number of hydrogen-bond donors (Lipinski definition) is 3. The normalized spacial score (nSPS) is 19.6. The van der Waals surface area contributed by atoms with Gasteiger partial charge in [0, 0.05) is 18.9 Å². The van der Waals surface area contributed by atoms with E-state index in [9.17, 15) is 23.5 Å². The summed E-state index contributed by atoms with van der Waals surface area (Å²) in [7, 11) is -2.63. The van der Waals surface area contributed by atoms with E-state index >= 15 is 0 Å². The fourth-order valence-electron chi connectivity index (χ4n) is 3.95. The van der Waals surface area contributed by atoms with Gasteiger partial charge in [0.1, 0.15) is 11.8 Å². The third kappa shape index (κ3) is 5.96. The van der Waals surface area contributed by atoms with Crippen LogP contribution in [0.4, 0.5) is 0 Å². The first kappa shape index (κ1) is 26.0. The zero-order valence-electron chi connectivity index (χ0n) is 17.6. The number of amides is 1. The van der Waals surface area contributed by atoms with Crippen LogP contribution in [-0.2, 0) is 21.4 Å². The number of carbonyl (C=O) groups is 1. The van der Waals surface area contributed by atoms with Gasteiger partial charge in [0.05, 0.1) is 18.1 Å². The van der Waals surface area contributed by atoms with Crippen molar-refractivity contribution >= 4 is 28.3 Å². The van der Waals surface area contributed by atoms with Gasteiger partial charge in [-0.2, -0.15) is 4.31 Å². The van der Waals surface area contributed by atoms with E-state index in [0.29, 0.717) is 37.0 Å². The number of rotatable bonds is 8. The van der Waals surface area contributed by atoms with Crippen molar-refractivity contribution in [3.8, 4) is 5.75 Å². The van der Waals surface area contributed by atoms with Crippen molar-refractivity contribution in [2.75, 3.05) is 7.11 Å². The minimum atomic E-state index is -4.12. The molecule has 9 nitrogen and oxygen atoms in total. The molecule has 1 aromatic heterocycles. The molecule has 1 fully saturated rings. The van der Waals surface area contributed by atoms with Gasteiger partial charge in [-0.15, -0.1) is 12.4 Å². The first-order chi connectivity index (χ1) is 14.9. The van der Waals surface area contributed by atoms with Crippen LogP contribution < -0.4 is 10.2 Å². The van der Waals surface area contributed by atoms with Crippen LogP contribution >= 0.6 is 12.4 Å². The van der Waals surface area contributed by atoms with Crippen LogP contribution in [0.2, 0.25) is 0 Å². The van der Waals surface area contributed by atoms with Crippen LogP contribution in [0.1, 0.15) is 31.2 Å². The monoisotopic (exact) mass is 485 g/mol. The SMILES string of the molecule is COc1ccc(S(=O)(=O)N(Cc2ccncc2)C(C(=O)NO)C2CCC(O)CC2)cc1.Cl. The number of halogens is 1. The molecule has 11 heteroatoms. The summed E-state index contributed by atoms with van der Waals surface area (Å²) in [4.78, 5) is 16.7. The maximum absolute atomic E-state index is 13.7. The molecule has 0 saturated heterocycles. The van der Waals surface area contributed by atoms with Gasteiger partial charge in [-0.05, 0) is 73.6 Å². The Hall–Kier alpha value is -2.24. The van der Waals surface area contributed by atoms with Gasteiger partial charge in [-0.25, -0.2) is 13.9 Å². The Kier molecular flexibility index (Phi) is 9.41. The number of methoxy groups -OCH3 is 1. The van der Waals surface area contributed by atoms with Crippen LogP contribution in [0.25, 0.3) is 0 Å².